The first-order valence-electron chi connectivity index (χ1n) is 11.5. The summed E-state index contributed by atoms with van der Waals surface area (Å²) in [5.41, 5.74) is 0.391. The number of hydrogen-bond acceptors (Lipinski definition) is 5. The van der Waals surface area contributed by atoms with E-state index >= 15 is 8.78 Å². The highest BCUT2D eigenvalue weighted by Gasteiger charge is 2.24. The van der Waals surface area contributed by atoms with Gasteiger partial charge in [0.2, 0.25) is 11.8 Å². The van der Waals surface area contributed by atoms with Crippen molar-refractivity contribution in [2.45, 2.75) is 64.9 Å². The molecular weight excluding hydrogens is 430 g/mol. The van der Waals surface area contributed by atoms with Crippen LogP contribution in [-0.4, -0.2) is 36.1 Å². The Balaban J connectivity index is 1.79. The van der Waals surface area contributed by atoms with Crippen LogP contribution in [0.1, 0.15) is 58.8 Å². The number of amides is 1. The van der Waals surface area contributed by atoms with Gasteiger partial charge in [0.15, 0.2) is 11.6 Å². The number of pyridine rings is 1. The second-order valence-electron chi connectivity index (χ2n) is 8.10. The number of hydrogen-bond donors (Lipinski definition) is 0. The highest BCUT2D eigenvalue weighted by Crippen LogP contribution is 2.35. The highest BCUT2D eigenvalue weighted by atomic mass is 19.1. The summed E-state index contributed by atoms with van der Waals surface area (Å²) in [7, 11) is 0. The first-order valence-corrected chi connectivity index (χ1v) is 11.5. The van der Waals surface area contributed by atoms with Gasteiger partial charge in [0.05, 0.1) is 6.61 Å². The molecule has 2 aromatic rings. The topological polar surface area (TPSA) is 68.7 Å². The molecule has 1 fully saturated rings. The Kier molecular flexibility index (Phi) is 8.74. The minimum absolute atomic E-state index is 0.0513. The van der Waals surface area contributed by atoms with Gasteiger partial charge in [0.1, 0.15) is 11.8 Å². The number of aromatic nitrogens is 1. The van der Waals surface area contributed by atoms with E-state index in [0.29, 0.717) is 36.5 Å². The number of carbonyl (C=O) groups is 2. The summed E-state index contributed by atoms with van der Waals surface area (Å²) in [6.07, 6.45) is 6.72. The first kappa shape index (κ1) is 24.6. The van der Waals surface area contributed by atoms with E-state index in [-0.39, 0.29) is 25.0 Å². The third kappa shape index (κ3) is 6.49. The molecule has 0 bridgehead atoms. The molecule has 0 spiro atoms. The summed E-state index contributed by atoms with van der Waals surface area (Å²) in [5, 5.41) is 0. The van der Waals surface area contributed by atoms with E-state index in [9.17, 15) is 9.59 Å². The van der Waals surface area contributed by atoms with Crippen LogP contribution in [-0.2, 0) is 14.3 Å². The summed E-state index contributed by atoms with van der Waals surface area (Å²) in [6, 6.07) is 5.80. The molecule has 33 heavy (non-hydrogen) atoms. The summed E-state index contributed by atoms with van der Waals surface area (Å²) < 4.78 is 41.1. The molecule has 0 radical (unpaired) electrons. The maximum Gasteiger partial charge on any atom is 0.305 e. The van der Waals surface area contributed by atoms with Crippen molar-refractivity contribution in [1.82, 2.24) is 4.98 Å². The molecule has 1 heterocycles. The molecule has 8 heteroatoms. The van der Waals surface area contributed by atoms with Crippen molar-refractivity contribution in [3.05, 3.63) is 42.1 Å². The summed E-state index contributed by atoms with van der Waals surface area (Å²) in [4.78, 5) is 29.0. The molecule has 0 saturated heterocycles. The molecule has 1 aliphatic rings. The molecule has 1 saturated carbocycles. The summed E-state index contributed by atoms with van der Waals surface area (Å²) in [6.45, 7) is 3.36. The van der Waals surface area contributed by atoms with Crippen molar-refractivity contribution >= 4 is 17.6 Å². The molecule has 3 rings (SSSR count). The van der Waals surface area contributed by atoms with Gasteiger partial charge in [-0.25, -0.2) is 13.8 Å². The van der Waals surface area contributed by atoms with E-state index in [4.69, 9.17) is 9.47 Å². The van der Waals surface area contributed by atoms with Crippen LogP contribution in [0.25, 0.3) is 11.1 Å². The van der Waals surface area contributed by atoms with Crippen molar-refractivity contribution in [3.8, 4) is 17.0 Å². The van der Waals surface area contributed by atoms with Gasteiger partial charge in [-0.2, -0.15) is 0 Å². The molecule has 1 aromatic carbocycles. The Morgan fingerprint density at radius 2 is 1.85 bits per heavy atom. The van der Waals surface area contributed by atoms with Gasteiger partial charge in [-0.3, -0.25) is 9.59 Å². The Hall–Kier alpha value is -3.03. The standard InChI is InChI=1S/C25H30F2N2O4/c1-3-32-23(31)12-6-7-14-29(17(2)30)24-21(26)15-18(16-22(24)27)20-11-8-13-28-25(20)33-19-9-4-5-10-19/h8,11,13,15-16,19H,3-7,9-10,12,14H2,1-2H3. The maximum absolute atomic E-state index is 15.1. The van der Waals surface area contributed by atoms with Gasteiger partial charge in [-0.15, -0.1) is 0 Å². The predicted molar refractivity (Wildman–Crippen MR) is 121 cm³/mol. The van der Waals surface area contributed by atoms with E-state index in [1.807, 2.05) is 0 Å². The van der Waals surface area contributed by atoms with E-state index in [1.54, 1.807) is 25.3 Å². The minimum Gasteiger partial charge on any atom is -0.474 e. The molecule has 178 valence electrons. The lowest BCUT2D eigenvalue weighted by Crippen LogP contribution is -2.31. The second-order valence-corrected chi connectivity index (χ2v) is 8.10. The SMILES string of the molecule is CCOC(=O)CCCCN(C(C)=O)c1c(F)cc(-c2cccnc2OC2CCCC2)cc1F. The van der Waals surface area contributed by atoms with Crippen molar-refractivity contribution in [1.29, 1.82) is 0 Å². The molecule has 0 aliphatic heterocycles. The number of carbonyl (C=O) groups excluding carboxylic acids is 2. The van der Waals surface area contributed by atoms with Crippen LogP contribution in [0.5, 0.6) is 5.88 Å². The third-order valence-corrected chi connectivity index (χ3v) is 5.65. The average molecular weight is 461 g/mol. The molecule has 1 aromatic heterocycles. The minimum atomic E-state index is -0.846. The average Bonchev–Trinajstić information content (AvgIpc) is 3.28. The van der Waals surface area contributed by atoms with Crippen molar-refractivity contribution < 1.29 is 27.8 Å². The third-order valence-electron chi connectivity index (χ3n) is 5.65. The van der Waals surface area contributed by atoms with Crippen molar-refractivity contribution in [3.63, 3.8) is 0 Å². The van der Waals surface area contributed by atoms with Crippen LogP contribution < -0.4 is 9.64 Å². The lowest BCUT2D eigenvalue weighted by Gasteiger charge is -2.23. The monoisotopic (exact) mass is 460 g/mol. The number of benzene rings is 1. The highest BCUT2D eigenvalue weighted by molar-refractivity contribution is 5.92. The number of nitrogens with zero attached hydrogens (tertiary/aromatic N) is 2. The van der Waals surface area contributed by atoms with Crippen molar-refractivity contribution in [2.75, 3.05) is 18.1 Å². The van der Waals surface area contributed by atoms with Crippen LogP contribution in [0.4, 0.5) is 14.5 Å². The van der Waals surface area contributed by atoms with Gasteiger partial charge < -0.3 is 14.4 Å². The number of rotatable bonds is 10. The van der Waals surface area contributed by atoms with E-state index in [2.05, 4.69) is 4.98 Å². The first-order chi connectivity index (χ1) is 15.9. The van der Waals surface area contributed by atoms with Crippen LogP contribution in [0.15, 0.2) is 30.5 Å². The van der Waals surface area contributed by atoms with Crippen LogP contribution in [0.3, 0.4) is 0 Å². The Labute approximate surface area is 192 Å². The molecule has 0 N–H and O–H groups in total. The fourth-order valence-electron chi connectivity index (χ4n) is 4.05. The van der Waals surface area contributed by atoms with Gasteiger partial charge in [-0.05, 0) is 75.3 Å². The van der Waals surface area contributed by atoms with Crippen molar-refractivity contribution in [2.24, 2.45) is 0 Å². The predicted octanol–water partition coefficient (Wildman–Crippen LogP) is 5.43. The van der Waals surface area contributed by atoms with E-state index < -0.39 is 23.2 Å². The fourth-order valence-corrected chi connectivity index (χ4v) is 4.05. The number of ether oxygens (including phenoxy) is 2. The second kappa shape index (κ2) is 11.7. The molecular formula is C25H30F2N2O4. The van der Waals surface area contributed by atoms with Crippen LogP contribution in [0.2, 0.25) is 0 Å². The summed E-state index contributed by atoms with van der Waals surface area (Å²) in [5.74, 6) is -2.16. The molecule has 6 nitrogen and oxygen atoms in total. The Morgan fingerprint density at radius 3 is 2.48 bits per heavy atom. The zero-order chi connectivity index (χ0) is 23.8. The van der Waals surface area contributed by atoms with Gasteiger partial charge in [-0.1, -0.05) is 0 Å². The van der Waals surface area contributed by atoms with Gasteiger partial charge >= 0.3 is 5.97 Å². The van der Waals surface area contributed by atoms with Crippen LogP contribution in [0, 0.1) is 11.6 Å². The fraction of sp³-hybridized carbons (Fsp3) is 0.480. The molecule has 0 atom stereocenters. The molecule has 1 aliphatic carbocycles. The maximum atomic E-state index is 15.1. The van der Waals surface area contributed by atoms with Gasteiger partial charge in [0, 0.05) is 31.6 Å². The molecule has 1 amide bonds. The quantitative estimate of drug-likeness (QED) is 0.349. The zero-order valence-electron chi connectivity index (χ0n) is 19.1. The Bertz CT molecular complexity index is 954. The number of unbranched alkanes of at least 4 members (excludes halogenated alkanes) is 1. The number of halogens is 2. The largest absolute Gasteiger partial charge is 0.474 e. The lowest BCUT2D eigenvalue weighted by molar-refractivity contribution is -0.143. The normalized spacial score (nSPS) is 13.7. The zero-order valence-corrected chi connectivity index (χ0v) is 19.1. The van der Waals surface area contributed by atoms with Gasteiger partial charge in [0.25, 0.3) is 0 Å². The lowest BCUT2D eigenvalue weighted by atomic mass is 10.0. The van der Waals surface area contributed by atoms with E-state index in [1.165, 1.54) is 19.1 Å². The Morgan fingerprint density at radius 1 is 1.15 bits per heavy atom. The molecule has 0 unspecified atom stereocenters. The van der Waals surface area contributed by atoms with E-state index in [0.717, 1.165) is 30.6 Å². The van der Waals surface area contributed by atoms with Crippen LogP contribution >= 0.6 is 0 Å². The number of anilines is 1. The number of esters is 1. The smallest absolute Gasteiger partial charge is 0.305 e. The summed E-state index contributed by atoms with van der Waals surface area (Å²) >= 11 is 0.